The average Bonchev–Trinajstić information content (AvgIpc) is 3.08. The quantitative estimate of drug-likeness (QED) is 0.538. The SMILES string of the molecule is O=C1CC(=O)C(Cc2ccc(OCN3c4ccccc4Oc4ccccc43)cc2)S1. The molecule has 5 nitrogen and oxygen atoms in total. The normalized spacial score (nSPS) is 17.3. The summed E-state index contributed by atoms with van der Waals surface area (Å²) < 4.78 is 12.1. The second kappa shape index (κ2) is 7.88. The lowest BCUT2D eigenvalue weighted by Crippen LogP contribution is -2.25. The fraction of sp³-hybridized carbons (Fsp3) is 0.167. The van der Waals surface area contributed by atoms with Gasteiger partial charge in [0.2, 0.25) is 0 Å². The van der Waals surface area contributed by atoms with E-state index in [4.69, 9.17) is 9.47 Å². The van der Waals surface area contributed by atoms with Crippen molar-refractivity contribution in [2.24, 2.45) is 0 Å². The molecule has 0 spiro atoms. The van der Waals surface area contributed by atoms with Crippen LogP contribution in [0.3, 0.4) is 0 Å². The van der Waals surface area contributed by atoms with E-state index in [9.17, 15) is 9.59 Å². The molecule has 3 aromatic rings. The highest BCUT2D eigenvalue weighted by molar-refractivity contribution is 8.15. The second-order valence-electron chi connectivity index (χ2n) is 7.21. The van der Waals surface area contributed by atoms with E-state index >= 15 is 0 Å². The minimum absolute atomic E-state index is 0.0231. The molecule has 0 saturated carbocycles. The van der Waals surface area contributed by atoms with Gasteiger partial charge in [0.25, 0.3) is 0 Å². The third kappa shape index (κ3) is 3.66. The lowest BCUT2D eigenvalue weighted by Gasteiger charge is -2.32. The maximum atomic E-state index is 11.9. The van der Waals surface area contributed by atoms with Crippen molar-refractivity contribution in [3.63, 3.8) is 0 Å². The molecule has 0 amide bonds. The van der Waals surface area contributed by atoms with E-state index in [0.717, 1.165) is 45.9 Å². The van der Waals surface area contributed by atoms with Crippen molar-refractivity contribution in [3.05, 3.63) is 78.4 Å². The number of anilines is 2. The molecule has 1 atom stereocenters. The lowest BCUT2D eigenvalue weighted by atomic mass is 10.1. The first-order chi connectivity index (χ1) is 14.7. The molecule has 2 heterocycles. The van der Waals surface area contributed by atoms with Crippen molar-refractivity contribution in [2.45, 2.75) is 18.1 Å². The third-order valence-corrected chi connectivity index (χ3v) is 6.31. The number of Topliss-reactive ketones (excluding diaryl/α,β-unsaturated/α-hetero) is 1. The van der Waals surface area contributed by atoms with Crippen LogP contribution in [-0.4, -0.2) is 22.9 Å². The van der Waals surface area contributed by atoms with Crippen LogP contribution in [0.2, 0.25) is 0 Å². The number of carbonyl (C=O) groups excluding carboxylic acids is 2. The molecule has 1 fully saturated rings. The highest BCUT2D eigenvalue weighted by atomic mass is 32.2. The number of carbonyl (C=O) groups is 2. The molecule has 6 heteroatoms. The summed E-state index contributed by atoms with van der Waals surface area (Å²) in [7, 11) is 0. The highest BCUT2D eigenvalue weighted by Crippen LogP contribution is 2.46. The average molecular weight is 417 g/mol. The van der Waals surface area contributed by atoms with E-state index in [1.807, 2.05) is 72.8 Å². The molecule has 0 bridgehead atoms. The monoisotopic (exact) mass is 417 g/mol. The van der Waals surface area contributed by atoms with Gasteiger partial charge in [0, 0.05) is 0 Å². The number of benzene rings is 3. The van der Waals surface area contributed by atoms with Crippen molar-refractivity contribution in [3.8, 4) is 17.2 Å². The van der Waals surface area contributed by atoms with Crippen molar-refractivity contribution < 1.29 is 19.1 Å². The van der Waals surface area contributed by atoms with E-state index in [1.165, 1.54) is 0 Å². The van der Waals surface area contributed by atoms with Crippen molar-refractivity contribution in [1.29, 1.82) is 0 Å². The first-order valence-electron chi connectivity index (χ1n) is 9.75. The van der Waals surface area contributed by atoms with Crippen LogP contribution in [0.5, 0.6) is 17.2 Å². The van der Waals surface area contributed by atoms with Crippen LogP contribution < -0.4 is 14.4 Å². The fourth-order valence-corrected chi connectivity index (χ4v) is 4.71. The van der Waals surface area contributed by atoms with Crippen molar-refractivity contribution in [2.75, 3.05) is 11.6 Å². The van der Waals surface area contributed by atoms with E-state index in [1.54, 1.807) is 0 Å². The highest BCUT2D eigenvalue weighted by Gasteiger charge is 2.31. The Morgan fingerprint density at radius 1 is 0.900 bits per heavy atom. The van der Waals surface area contributed by atoms with Gasteiger partial charge in [0.05, 0.1) is 23.0 Å². The van der Waals surface area contributed by atoms with Crippen LogP contribution in [0.4, 0.5) is 11.4 Å². The van der Waals surface area contributed by atoms with Gasteiger partial charge >= 0.3 is 0 Å². The Morgan fingerprint density at radius 3 is 2.13 bits per heavy atom. The molecule has 1 saturated heterocycles. The fourth-order valence-electron chi connectivity index (χ4n) is 3.67. The predicted molar refractivity (Wildman–Crippen MR) is 117 cm³/mol. The summed E-state index contributed by atoms with van der Waals surface area (Å²) in [4.78, 5) is 25.4. The van der Waals surface area contributed by atoms with Crippen molar-refractivity contribution in [1.82, 2.24) is 0 Å². The van der Waals surface area contributed by atoms with Crippen LogP contribution in [0.15, 0.2) is 72.8 Å². The van der Waals surface area contributed by atoms with Gasteiger partial charge in [-0.1, -0.05) is 48.2 Å². The smallest absolute Gasteiger partial charge is 0.197 e. The number of hydrogen-bond acceptors (Lipinski definition) is 6. The number of hydrogen-bond donors (Lipinski definition) is 0. The molecule has 30 heavy (non-hydrogen) atoms. The topological polar surface area (TPSA) is 55.8 Å². The number of thioether (sulfide) groups is 1. The molecule has 150 valence electrons. The van der Waals surface area contributed by atoms with Gasteiger partial charge in [-0.3, -0.25) is 9.59 Å². The van der Waals surface area contributed by atoms with E-state index in [2.05, 4.69) is 4.90 Å². The molecule has 0 N–H and O–H groups in total. The van der Waals surface area contributed by atoms with Crippen LogP contribution in [0, 0.1) is 0 Å². The zero-order valence-corrected chi connectivity index (χ0v) is 16.9. The molecule has 0 aliphatic carbocycles. The number of ketones is 1. The van der Waals surface area contributed by atoms with Gasteiger partial charge in [-0.2, -0.15) is 0 Å². The van der Waals surface area contributed by atoms with Crippen LogP contribution >= 0.6 is 11.8 Å². The Kier molecular flexibility index (Phi) is 4.93. The molecule has 1 unspecified atom stereocenters. The van der Waals surface area contributed by atoms with Crippen molar-refractivity contribution >= 4 is 34.0 Å². The predicted octanol–water partition coefficient (Wildman–Crippen LogP) is 5.11. The van der Waals surface area contributed by atoms with Gasteiger partial charge in [-0.25, -0.2) is 0 Å². The number of fused-ring (bicyclic) bond motifs is 2. The zero-order chi connectivity index (χ0) is 20.5. The molecule has 0 radical (unpaired) electrons. The van der Waals surface area contributed by atoms with E-state index in [-0.39, 0.29) is 22.6 Å². The Bertz CT molecular complexity index is 1070. The summed E-state index contributed by atoms with van der Waals surface area (Å²) in [6.45, 7) is 0.336. The molecular formula is C24H19NO4S. The molecule has 5 rings (SSSR count). The van der Waals surface area contributed by atoms with E-state index in [0.29, 0.717) is 13.2 Å². The Balaban J connectivity index is 1.30. The molecule has 0 aromatic heterocycles. The summed E-state index contributed by atoms with van der Waals surface area (Å²) in [5, 5.41) is -0.290. The summed E-state index contributed by atoms with van der Waals surface area (Å²) >= 11 is 1.15. The number of nitrogens with zero attached hydrogens (tertiary/aromatic N) is 1. The van der Waals surface area contributed by atoms with Gasteiger partial charge < -0.3 is 14.4 Å². The zero-order valence-electron chi connectivity index (χ0n) is 16.1. The minimum Gasteiger partial charge on any atom is -0.473 e. The van der Waals surface area contributed by atoms with Gasteiger partial charge in [0.15, 0.2) is 29.1 Å². The Hall–Kier alpha value is -3.25. The second-order valence-corrected chi connectivity index (χ2v) is 8.47. The maximum Gasteiger partial charge on any atom is 0.197 e. The van der Waals surface area contributed by atoms with Crippen LogP contribution in [0.1, 0.15) is 12.0 Å². The Morgan fingerprint density at radius 2 is 1.53 bits per heavy atom. The molecule has 2 aliphatic heterocycles. The van der Waals surface area contributed by atoms with Gasteiger partial charge in [-0.05, 0) is 48.4 Å². The summed E-state index contributed by atoms with van der Waals surface area (Å²) in [6, 6.07) is 23.5. The molecule has 2 aliphatic rings. The molecule has 3 aromatic carbocycles. The maximum absolute atomic E-state index is 11.9. The van der Waals surface area contributed by atoms with Crippen LogP contribution in [-0.2, 0) is 16.0 Å². The largest absolute Gasteiger partial charge is 0.473 e. The minimum atomic E-state index is -0.259. The molecular weight excluding hydrogens is 398 g/mol. The Labute approximate surface area is 178 Å². The summed E-state index contributed by atoms with van der Waals surface area (Å²) in [5.74, 6) is 2.35. The third-order valence-electron chi connectivity index (χ3n) is 5.19. The standard InChI is InChI=1S/C24H19NO4S/c26-20-14-24(27)30-23(20)13-16-9-11-17(12-10-16)28-15-25-18-5-1-3-7-21(18)29-22-8-4-2-6-19(22)25/h1-12,23H,13-15H2. The number of rotatable bonds is 5. The van der Waals surface area contributed by atoms with Gasteiger partial charge in [-0.15, -0.1) is 0 Å². The van der Waals surface area contributed by atoms with E-state index < -0.39 is 0 Å². The summed E-state index contributed by atoms with van der Waals surface area (Å²) in [6.07, 6.45) is 0.624. The van der Waals surface area contributed by atoms with Gasteiger partial charge in [0.1, 0.15) is 5.75 Å². The first-order valence-corrected chi connectivity index (χ1v) is 10.6. The first kappa shape index (κ1) is 18.8. The van der Waals surface area contributed by atoms with Crippen LogP contribution in [0.25, 0.3) is 0 Å². The lowest BCUT2D eigenvalue weighted by molar-refractivity contribution is -0.121. The number of para-hydroxylation sites is 4. The summed E-state index contributed by atoms with van der Waals surface area (Å²) in [5.41, 5.74) is 2.92. The number of ether oxygens (including phenoxy) is 2.